The van der Waals surface area contributed by atoms with Crippen molar-refractivity contribution in [2.75, 3.05) is 40.5 Å². The molecule has 292 valence electrons. The molecule has 0 saturated carbocycles. The van der Waals surface area contributed by atoms with Crippen LogP contribution in [-0.2, 0) is 32.1 Å². The molecule has 2 aliphatic heterocycles. The van der Waals surface area contributed by atoms with E-state index in [4.69, 9.17) is 19.9 Å². The van der Waals surface area contributed by atoms with Gasteiger partial charge in [-0.1, -0.05) is 30.3 Å². The number of halogens is 1. The normalized spacial score (nSPS) is 18.2. The Balaban J connectivity index is 0.00000784. The van der Waals surface area contributed by atoms with Crippen LogP contribution in [0.5, 0.6) is 23.0 Å². The molecule has 0 unspecified atom stereocenters. The van der Waals surface area contributed by atoms with Crippen LogP contribution in [0.3, 0.4) is 0 Å². The molecule has 0 radical (unpaired) electrons. The number of hydrogen-bond donors (Lipinski definition) is 6. The highest BCUT2D eigenvalue weighted by Crippen LogP contribution is 2.34. The average molecular weight is 769 g/mol. The van der Waals surface area contributed by atoms with Crippen molar-refractivity contribution in [3.05, 3.63) is 83.4 Å². The number of aliphatic hydroxyl groups excluding tert-OH is 1. The van der Waals surface area contributed by atoms with Gasteiger partial charge in [0.05, 0.1) is 27.4 Å². The number of aryl methyl sites for hydroxylation is 1. The van der Waals surface area contributed by atoms with E-state index in [9.17, 15) is 29.1 Å². The van der Waals surface area contributed by atoms with Gasteiger partial charge in [0.1, 0.15) is 29.6 Å². The molecular weight excluding hydrogens is 720 g/mol. The number of nitrogens with zero attached hydrogens (tertiary/aromatic N) is 1. The van der Waals surface area contributed by atoms with Crippen molar-refractivity contribution in [2.24, 2.45) is 5.73 Å². The van der Waals surface area contributed by atoms with Crippen molar-refractivity contribution < 1.29 is 43.3 Å². The Bertz CT molecular complexity index is 1750. The third-order valence-electron chi connectivity index (χ3n) is 8.63. The van der Waals surface area contributed by atoms with Crippen molar-refractivity contribution in [3.63, 3.8) is 0 Å². The van der Waals surface area contributed by atoms with Crippen LogP contribution < -0.4 is 41.2 Å². The van der Waals surface area contributed by atoms with Crippen LogP contribution in [0.15, 0.2) is 66.7 Å². The maximum atomic E-state index is 13.6. The number of amides is 5. The molecule has 3 atom stereocenters. The first-order chi connectivity index (χ1) is 25.5. The molecule has 0 aromatic heterocycles. The summed E-state index contributed by atoms with van der Waals surface area (Å²) in [5.41, 5.74) is 7.72. The van der Waals surface area contributed by atoms with Gasteiger partial charge in [-0.05, 0) is 68.5 Å². The van der Waals surface area contributed by atoms with Gasteiger partial charge in [0.2, 0.25) is 23.6 Å². The molecule has 4 bridgehead atoms. The fourth-order valence-corrected chi connectivity index (χ4v) is 5.62. The van der Waals surface area contributed by atoms with Gasteiger partial charge < -0.3 is 51.2 Å². The predicted octanol–water partition coefficient (Wildman–Crippen LogP) is 1.83. The molecule has 5 amide bonds. The molecule has 2 heterocycles. The molecule has 2 aliphatic rings. The number of carbonyl (C=O) groups is 5. The molecule has 3 aromatic carbocycles. The molecular formula is C38H49ClN6O9. The fraction of sp³-hybridized carbons (Fsp3) is 0.395. The SMILES string of the molecule is COc1cc2ccc1CNC(=O)[C@H](C)NC(=O)[C@H](CCc1ccccc1)NC(=O)CN(C(=O)[C@@H](N)CO)CCCCNC(=O)c1ccc(OC)c(c1)O2.Cl. The largest absolute Gasteiger partial charge is 0.496 e. The van der Waals surface area contributed by atoms with Gasteiger partial charge >= 0.3 is 0 Å². The van der Waals surface area contributed by atoms with Crippen LogP contribution in [0.25, 0.3) is 0 Å². The summed E-state index contributed by atoms with van der Waals surface area (Å²) in [5.74, 6) is -1.20. The molecule has 54 heavy (non-hydrogen) atoms. The van der Waals surface area contributed by atoms with E-state index in [1.54, 1.807) is 36.4 Å². The molecule has 0 saturated heterocycles. The number of aliphatic hydroxyl groups is 1. The van der Waals surface area contributed by atoms with Crippen LogP contribution >= 0.6 is 12.4 Å². The smallest absolute Gasteiger partial charge is 0.251 e. The molecule has 0 aliphatic carbocycles. The van der Waals surface area contributed by atoms with E-state index in [-0.39, 0.29) is 50.1 Å². The molecule has 5 rings (SSSR count). The second-order valence-electron chi connectivity index (χ2n) is 12.5. The van der Waals surface area contributed by atoms with E-state index in [2.05, 4.69) is 21.3 Å². The van der Waals surface area contributed by atoms with Crippen molar-refractivity contribution in [1.82, 2.24) is 26.2 Å². The minimum absolute atomic E-state index is 0. The maximum absolute atomic E-state index is 13.6. The van der Waals surface area contributed by atoms with Crippen LogP contribution in [0, 0.1) is 0 Å². The Morgan fingerprint density at radius 2 is 1.69 bits per heavy atom. The number of nitrogens with one attached hydrogen (secondary N) is 4. The quantitative estimate of drug-likeness (QED) is 0.192. The number of hydrogen-bond acceptors (Lipinski definition) is 10. The first-order valence-electron chi connectivity index (χ1n) is 17.4. The zero-order chi connectivity index (χ0) is 38.3. The van der Waals surface area contributed by atoms with Crippen LogP contribution in [-0.4, -0.2) is 98.1 Å². The summed E-state index contributed by atoms with van der Waals surface area (Å²) in [6, 6.07) is 15.9. The summed E-state index contributed by atoms with van der Waals surface area (Å²) in [7, 11) is 2.96. The van der Waals surface area contributed by atoms with E-state index < -0.39 is 54.9 Å². The number of fused-ring (bicyclic) bond motifs is 18. The molecule has 15 nitrogen and oxygen atoms in total. The fourth-order valence-electron chi connectivity index (χ4n) is 5.62. The third kappa shape index (κ3) is 12.4. The minimum Gasteiger partial charge on any atom is -0.496 e. The Kier molecular flexibility index (Phi) is 17.0. The number of carbonyl (C=O) groups excluding carboxylic acids is 5. The van der Waals surface area contributed by atoms with Gasteiger partial charge in [-0.3, -0.25) is 24.0 Å². The molecule has 0 fully saturated rings. The molecule has 7 N–H and O–H groups in total. The lowest BCUT2D eigenvalue weighted by Crippen LogP contribution is -2.55. The Labute approximate surface area is 320 Å². The zero-order valence-electron chi connectivity index (χ0n) is 30.6. The van der Waals surface area contributed by atoms with E-state index in [1.165, 1.54) is 26.0 Å². The number of nitrogens with two attached hydrogens (primary N) is 1. The van der Waals surface area contributed by atoms with E-state index in [1.807, 2.05) is 30.3 Å². The Morgan fingerprint density at radius 1 is 0.944 bits per heavy atom. The maximum Gasteiger partial charge on any atom is 0.251 e. The summed E-state index contributed by atoms with van der Waals surface area (Å²) < 4.78 is 17.1. The van der Waals surface area contributed by atoms with Crippen LogP contribution in [0.1, 0.15) is 47.7 Å². The number of rotatable bonds is 7. The average Bonchev–Trinajstić information content (AvgIpc) is 3.17. The summed E-state index contributed by atoms with van der Waals surface area (Å²) in [4.78, 5) is 67.5. The monoisotopic (exact) mass is 768 g/mol. The Morgan fingerprint density at radius 3 is 2.39 bits per heavy atom. The van der Waals surface area contributed by atoms with Gasteiger partial charge in [-0.2, -0.15) is 0 Å². The standard InChI is InChI=1S/C38H48N6O9.ClH/c1-24-35(47)41-21-27-12-14-28(20-32(27)52-3)53-33-19-26(13-16-31(33)51-2)36(48)40-17-7-8-18-44(38(50)29(39)23-45)22-34(46)43-30(37(49)42-24)15-11-25-9-5-4-6-10-25;/h4-6,9-10,12-14,16,19-20,24,29-30,45H,7-8,11,15,17-18,21-23,39H2,1-3H3,(H,40,48)(H,41,47)(H,42,49)(H,43,46);1H/t24-,29-,30-;/m0./s1. The third-order valence-corrected chi connectivity index (χ3v) is 8.63. The van der Waals surface area contributed by atoms with Crippen molar-refractivity contribution in [2.45, 2.75) is 57.3 Å². The van der Waals surface area contributed by atoms with E-state index >= 15 is 0 Å². The van der Waals surface area contributed by atoms with Crippen molar-refractivity contribution in [1.29, 1.82) is 0 Å². The minimum atomic E-state index is -1.25. The highest BCUT2D eigenvalue weighted by Gasteiger charge is 2.28. The first-order valence-corrected chi connectivity index (χ1v) is 17.4. The predicted molar refractivity (Wildman–Crippen MR) is 203 cm³/mol. The highest BCUT2D eigenvalue weighted by atomic mass is 35.5. The molecule has 3 aromatic rings. The van der Waals surface area contributed by atoms with Gasteiger partial charge in [0.25, 0.3) is 5.91 Å². The summed E-state index contributed by atoms with van der Waals surface area (Å²) in [5, 5.41) is 20.6. The van der Waals surface area contributed by atoms with E-state index in [0.29, 0.717) is 47.6 Å². The lowest BCUT2D eigenvalue weighted by molar-refractivity contribution is -0.138. The van der Waals surface area contributed by atoms with Crippen molar-refractivity contribution in [3.8, 4) is 23.0 Å². The number of methoxy groups -OCH3 is 2. The molecule has 0 spiro atoms. The van der Waals surface area contributed by atoms with E-state index in [0.717, 1.165) is 5.56 Å². The van der Waals surface area contributed by atoms with Gasteiger partial charge in [-0.25, -0.2) is 0 Å². The van der Waals surface area contributed by atoms with Gasteiger partial charge in [0.15, 0.2) is 11.5 Å². The van der Waals surface area contributed by atoms with Crippen LogP contribution in [0.4, 0.5) is 0 Å². The van der Waals surface area contributed by atoms with Gasteiger partial charge in [0, 0.05) is 36.8 Å². The zero-order valence-corrected chi connectivity index (χ0v) is 31.4. The number of ether oxygens (including phenoxy) is 3. The summed E-state index contributed by atoms with van der Waals surface area (Å²) >= 11 is 0. The van der Waals surface area contributed by atoms with Crippen molar-refractivity contribution >= 4 is 41.9 Å². The Hall–Kier alpha value is -5.38. The van der Waals surface area contributed by atoms with Gasteiger partial charge in [-0.15, -0.1) is 12.4 Å². The highest BCUT2D eigenvalue weighted by molar-refractivity contribution is 5.95. The lowest BCUT2D eigenvalue weighted by Gasteiger charge is -2.26. The first kappa shape index (κ1) is 43.0. The molecule has 16 heteroatoms. The number of benzene rings is 3. The summed E-state index contributed by atoms with van der Waals surface area (Å²) in [6.07, 6.45) is 1.48. The second-order valence-corrected chi connectivity index (χ2v) is 12.5. The lowest BCUT2D eigenvalue weighted by atomic mass is 10.0. The van der Waals surface area contributed by atoms with Crippen LogP contribution in [0.2, 0.25) is 0 Å². The summed E-state index contributed by atoms with van der Waals surface area (Å²) in [6.45, 7) is 0.889. The topological polar surface area (TPSA) is 211 Å². The second kappa shape index (κ2) is 21.4.